The van der Waals surface area contributed by atoms with E-state index in [0.29, 0.717) is 17.7 Å². The Morgan fingerprint density at radius 2 is 2.06 bits per heavy atom. The number of rotatable bonds is 2. The quantitative estimate of drug-likeness (QED) is 0.460. The van der Waals surface area contributed by atoms with Crippen LogP contribution in [0.15, 0.2) is 6.20 Å². The topological polar surface area (TPSA) is 72.2 Å². The third-order valence-electron chi connectivity index (χ3n) is 3.20. The monoisotopic (exact) mass is 256 g/mol. The predicted molar refractivity (Wildman–Crippen MR) is 64.2 cm³/mol. The zero-order chi connectivity index (χ0) is 12.6. The molecule has 0 spiro atoms. The van der Waals surface area contributed by atoms with Crippen LogP contribution in [0.4, 0.5) is 11.5 Å². The summed E-state index contributed by atoms with van der Waals surface area (Å²) >= 11 is 5.70. The molecule has 0 aromatic carbocycles. The summed E-state index contributed by atoms with van der Waals surface area (Å²) in [4.78, 5) is 20.0. The standard InChI is InChI=1S/C10H13ClN4O2/c1-6-4-14(5-7(6)2)9-8(15(16)17)3-12-10(11)13-9/h3,6-7H,4-5H2,1-2H3. The molecular weight excluding hydrogens is 244 g/mol. The van der Waals surface area contributed by atoms with Crippen LogP contribution in [-0.2, 0) is 0 Å². The van der Waals surface area contributed by atoms with Crippen LogP contribution in [0.3, 0.4) is 0 Å². The van der Waals surface area contributed by atoms with E-state index in [1.54, 1.807) is 0 Å². The Bertz CT molecular complexity index is 444. The van der Waals surface area contributed by atoms with Crippen molar-refractivity contribution < 1.29 is 4.92 Å². The van der Waals surface area contributed by atoms with Crippen LogP contribution in [0.25, 0.3) is 0 Å². The Balaban J connectivity index is 2.37. The molecule has 0 radical (unpaired) electrons. The van der Waals surface area contributed by atoms with Gasteiger partial charge in [-0.25, -0.2) is 4.98 Å². The van der Waals surface area contributed by atoms with E-state index in [2.05, 4.69) is 23.8 Å². The lowest BCUT2D eigenvalue weighted by atomic mass is 10.0. The molecule has 2 atom stereocenters. The molecule has 1 saturated heterocycles. The van der Waals surface area contributed by atoms with E-state index in [-0.39, 0.29) is 11.0 Å². The van der Waals surface area contributed by atoms with Crippen molar-refractivity contribution in [1.82, 2.24) is 9.97 Å². The average molecular weight is 257 g/mol. The van der Waals surface area contributed by atoms with Gasteiger partial charge in [-0.15, -0.1) is 0 Å². The van der Waals surface area contributed by atoms with Gasteiger partial charge in [-0.2, -0.15) is 4.98 Å². The van der Waals surface area contributed by atoms with E-state index < -0.39 is 4.92 Å². The molecule has 1 aromatic rings. The first-order valence-electron chi connectivity index (χ1n) is 5.41. The van der Waals surface area contributed by atoms with Crippen LogP contribution in [0.1, 0.15) is 13.8 Å². The molecule has 1 aliphatic heterocycles. The zero-order valence-corrected chi connectivity index (χ0v) is 10.4. The van der Waals surface area contributed by atoms with Gasteiger partial charge in [0.2, 0.25) is 11.1 Å². The fourth-order valence-corrected chi connectivity index (χ4v) is 2.14. The second kappa shape index (κ2) is 4.44. The third kappa shape index (κ3) is 2.31. The van der Waals surface area contributed by atoms with Crippen molar-refractivity contribution >= 4 is 23.1 Å². The molecular formula is C10H13ClN4O2. The third-order valence-corrected chi connectivity index (χ3v) is 3.39. The largest absolute Gasteiger partial charge is 0.350 e. The van der Waals surface area contributed by atoms with Crippen molar-refractivity contribution in [3.05, 3.63) is 21.6 Å². The van der Waals surface area contributed by atoms with E-state index in [4.69, 9.17) is 11.6 Å². The molecule has 0 bridgehead atoms. The molecule has 0 saturated carbocycles. The smallest absolute Gasteiger partial charge is 0.329 e. The number of hydrogen-bond acceptors (Lipinski definition) is 5. The molecule has 0 N–H and O–H groups in total. The van der Waals surface area contributed by atoms with E-state index in [1.165, 1.54) is 6.20 Å². The van der Waals surface area contributed by atoms with Gasteiger partial charge in [-0.05, 0) is 23.4 Å². The van der Waals surface area contributed by atoms with E-state index >= 15 is 0 Å². The lowest BCUT2D eigenvalue weighted by Gasteiger charge is -2.16. The molecule has 7 heteroatoms. The van der Waals surface area contributed by atoms with Gasteiger partial charge in [0.1, 0.15) is 6.20 Å². The molecule has 0 amide bonds. The van der Waals surface area contributed by atoms with Crippen molar-refractivity contribution in [3.63, 3.8) is 0 Å². The molecule has 0 aliphatic carbocycles. The van der Waals surface area contributed by atoms with E-state index in [9.17, 15) is 10.1 Å². The minimum atomic E-state index is -0.473. The van der Waals surface area contributed by atoms with Gasteiger partial charge in [0.15, 0.2) is 0 Å². The fourth-order valence-electron chi connectivity index (χ4n) is 2.01. The van der Waals surface area contributed by atoms with E-state index in [0.717, 1.165) is 13.1 Å². The highest BCUT2D eigenvalue weighted by Gasteiger charge is 2.31. The minimum Gasteiger partial charge on any atom is -0.350 e. The Morgan fingerprint density at radius 1 is 1.47 bits per heavy atom. The van der Waals surface area contributed by atoms with E-state index in [1.807, 2.05) is 4.90 Å². The van der Waals surface area contributed by atoms with Crippen LogP contribution < -0.4 is 4.90 Å². The summed E-state index contributed by atoms with van der Waals surface area (Å²) in [7, 11) is 0. The van der Waals surface area contributed by atoms with Crippen molar-refractivity contribution in [2.75, 3.05) is 18.0 Å². The summed E-state index contributed by atoms with van der Waals surface area (Å²) in [6.07, 6.45) is 1.16. The molecule has 2 rings (SSSR count). The Kier molecular flexibility index (Phi) is 3.15. The van der Waals surface area contributed by atoms with Crippen LogP contribution in [-0.4, -0.2) is 28.0 Å². The first-order valence-corrected chi connectivity index (χ1v) is 5.78. The van der Waals surface area contributed by atoms with Gasteiger partial charge >= 0.3 is 5.69 Å². The van der Waals surface area contributed by atoms with Crippen molar-refractivity contribution in [1.29, 1.82) is 0 Å². The van der Waals surface area contributed by atoms with Gasteiger partial charge < -0.3 is 4.90 Å². The van der Waals surface area contributed by atoms with Gasteiger partial charge in [-0.3, -0.25) is 10.1 Å². The summed E-state index contributed by atoms with van der Waals surface area (Å²) in [6, 6.07) is 0. The minimum absolute atomic E-state index is 0.0396. The Hall–Kier alpha value is -1.43. The van der Waals surface area contributed by atoms with Crippen LogP contribution >= 0.6 is 11.6 Å². The zero-order valence-electron chi connectivity index (χ0n) is 9.63. The second-order valence-electron chi connectivity index (χ2n) is 4.46. The molecule has 1 aliphatic rings. The van der Waals surface area contributed by atoms with Crippen LogP contribution in [0.2, 0.25) is 5.28 Å². The first-order chi connectivity index (χ1) is 7.99. The molecule has 1 fully saturated rings. The summed E-state index contributed by atoms with van der Waals surface area (Å²) in [5.41, 5.74) is -0.0873. The summed E-state index contributed by atoms with van der Waals surface area (Å²) in [5, 5.41) is 10.9. The van der Waals surface area contributed by atoms with Crippen LogP contribution in [0.5, 0.6) is 0 Å². The molecule has 92 valence electrons. The fraction of sp³-hybridized carbons (Fsp3) is 0.600. The number of nitrogens with zero attached hydrogens (tertiary/aromatic N) is 4. The molecule has 2 unspecified atom stereocenters. The maximum absolute atomic E-state index is 10.9. The summed E-state index contributed by atoms with van der Waals surface area (Å²) < 4.78 is 0. The number of nitro groups is 1. The summed E-state index contributed by atoms with van der Waals surface area (Å²) in [6.45, 7) is 5.77. The number of halogens is 1. The van der Waals surface area contributed by atoms with Gasteiger partial charge in [0, 0.05) is 13.1 Å². The molecule has 17 heavy (non-hydrogen) atoms. The predicted octanol–water partition coefficient (Wildman–Crippen LogP) is 2.13. The number of anilines is 1. The highest BCUT2D eigenvalue weighted by atomic mass is 35.5. The Labute approximate surface area is 104 Å². The average Bonchev–Trinajstić information content (AvgIpc) is 2.58. The van der Waals surface area contributed by atoms with Gasteiger partial charge in [0.05, 0.1) is 4.92 Å². The van der Waals surface area contributed by atoms with Gasteiger partial charge in [0.25, 0.3) is 0 Å². The molecule has 6 nitrogen and oxygen atoms in total. The lowest BCUT2D eigenvalue weighted by molar-refractivity contribution is -0.384. The maximum atomic E-state index is 10.9. The SMILES string of the molecule is CC1CN(c2nc(Cl)ncc2[N+](=O)[O-])CC1C. The normalized spacial score (nSPS) is 24.1. The number of hydrogen-bond donors (Lipinski definition) is 0. The molecule has 1 aromatic heterocycles. The van der Waals surface area contributed by atoms with Crippen molar-refractivity contribution in [2.24, 2.45) is 11.8 Å². The van der Waals surface area contributed by atoms with Crippen molar-refractivity contribution in [2.45, 2.75) is 13.8 Å². The van der Waals surface area contributed by atoms with Crippen LogP contribution in [0, 0.1) is 22.0 Å². The highest BCUT2D eigenvalue weighted by Crippen LogP contribution is 2.32. The number of aromatic nitrogens is 2. The van der Waals surface area contributed by atoms with Crippen molar-refractivity contribution in [3.8, 4) is 0 Å². The lowest BCUT2D eigenvalue weighted by Crippen LogP contribution is -2.22. The second-order valence-corrected chi connectivity index (χ2v) is 4.80. The van der Waals surface area contributed by atoms with Gasteiger partial charge in [-0.1, -0.05) is 13.8 Å². The maximum Gasteiger partial charge on any atom is 0.329 e. The Morgan fingerprint density at radius 3 is 2.59 bits per heavy atom. The first kappa shape index (κ1) is 12.0. The highest BCUT2D eigenvalue weighted by molar-refractivity contribution is 6.28. The molecule has 2 heterocycles. The summed E-state index contributed by atoms with van der Waals surface area (Å²) in [5.74, 6) is 1.30.